The molecule has 19 heavy (non-hydrogen) atoms. The van der Waals surface area contributed by atoms with Crippen molar-refractivity contribution in [2.24, 2.45) is 0 Å². The van der Waals surface area contributed by atoms with Crippen LogP contribution in [-0.4, -0.2) is 42.4 Å². The van der Waals surface area contributed by atoms with Crippen molar-refractivity contribution in [1.82, 2.24) is 4.90 Å². The fourth-order valence-electron chi connectivity index (χ4n) is 1.36. The summed E-state index contributed by atoms with van der Waals surface area (Å²) in [6.07, 6.45) is 0. The number of nitrogens with one attached hydrogen (secondary N) is 1. The van der Waals surface area contributed by atoms with Crippen molar-refractivity contribution < 1.29 is 4.79 Å². The van der Waals surface area contributed by atoms with Gasteiger partial charge in [-0.1, -0.05) is 11.6 Å². The van der Waals surface area contributed by atoms with E-state index in [9.17, 15) is 4.79 Å². The molecule has 1 unspecified atom stereocenters. The van der Waals surface area contributed by atoms with Crippen LogP contribution in [-0.2, 0) is 4.79 Å². The quantitative estimate of drug-likeness (QED) is 0.793. The molecule has 6 heteroatoms. The number of anilines is 2. The molecule has 0 heterocycles. The summed E-state index contributed by atoms with van der Waals surface area (Å²) in [4.78, 5) is 14.1. The summed E-state index contributed by atoms with van der Waals surface area (Å²) in [6, 6.07) is 5.04. The van der Waals surface area contributed by atoms with Crippen LogP contribution in [0, 0.1) is 0 Å². The van der Waals surface area contributed by atoms with Gasteiger partial charge in [-0.3, -0.25) is 4.79 Å². The van der Waals surface area contributed by atoms with Gasteiger partial charge in [0.2, 0.25) is 5.91 Å². The smallest absolute Gasteiger partial charge is 0.237 e. The van der Waals surface area contributed by atoms with E-state index in [0.29, 0.717) is 16.4 Å². The second kappa shape index (κ2) is 7.62. The molecule has 0 saturated carbocycles. The van der Waals surface area contributed by atoms with Crippen LogP contribution in [0.25, 0.3) is 0 Å². The summed E-state index contributed by atoms with van der Waals surface area (Å²) < 4.78 is 0. The van der Waals surface area contributed by atoms with Crippen molar-refractivity contribution in [3.63, 3.8) is 0 Å². The number of hydrogen-bond acceptors (Lipinski definition) is 4. The number of carbonyl (C=O) groups excluding carboxylic acids is 1. The maximum absolute atomic E-state index is 12.0. The predicted molar refractivity (Wildman–Crippen MR) is 85.0 cm³/mol. The second-order valence-electron chi connectivity index (χ2n) is 4.54. The van der Waals surface area contributed by atoms with Gasteiger partial charge in [-0.05, 0) is 39.2 Å². The first-order valence-corrected chi connectivity index (χ1v) is 7.45. The lowest BCUT2D eigenvalue weighted by molar-refractivity contribution is -0.115. The summed E-state index contributed by atoms with van der Waals surface area (Å²) >= 11 is 7.50. The Bertz CT molecular complexity index is 440. The lowest BCUT2D eigenvalue weighted by Gasteiger charge is -2.15. The predicted octanol–water partition coefficient (Wildman–Crippen LogP) is 2.54. The minimum atomic E-state index is -0.127. The van der Waals surface area contributed by atoms with Crippen molar-refractivity contribution in [2.75, 3.05) is 37.4 Å². The molecule has 106 valence electrons. The molecule has 3 N–H and O–H groups in total. The fraction of sp³-hybridized carbons (Fsp3) is 0.462. The minimum Gasteiger partial charge on any atom is -0.397 e. The van der Waals surface area contributed by atoms with Crippen molar-refractivity contribution in [1.29, 1.82) is 0 Å². The minimum absolute atomic E-state index is 0.0577. The van der Waals surface area contributed by atoms with E-state index in [2.05, 4.69) is 10.2 Å². The van der Waals surface area contributed by atoms with E-state index in [4.69, 9.17) is 17.3 Å². The molecule has 0 aliphatic carbocycles. The summed E-state index contributed by atoms with van der Waals surface area (Å²) in [5.41, 5.74) is 6.87. The third-order valence-corrected chi connectivity index (χ3v) is 3.92. The molecule has 0 aliphatic rings. The van der Waals surface area contributed by atoms with Gasteiger partial charge in [0, 0.05) is 17.3 Å². The van der Waals surface area contributed by atoms with Crippen LogP contribution in [0.2, 0.25) is 5.02 Å². The Hall–Kier alpha value is -0.910. The molecule has 0 spiro atoms. The van der Waals surface area contributed by atoms with Crippen LogP contribution in [0.1, 0.15) is 6.92 Å². The number of halogens is 1. The Morgan fingerprint density at radius 1 is 1.53 bits per heavy atom. The number of nitrogens with two attached hydrogens (primary N) is 1. The SMILES string of the molecule is CC(SCCN(C)C)C(=O)Nc1cc(Cl)ccc1N. The number of hydrogen-bond donors (Lipinski definition) is 2. The molecule has 0 aromatic heterocycles. The van der Waals surface area contributed by atoms with Crippen molar-refractivity contribution >= 4 is 40.6 Å². The van der Waals surface area contributed by atoms with Crippen LogP contribution in [0.3, 0.4) is 0 Å². The maximum atomic E-state index is 12.0. The van der Waals surface area contributed by atoms with E-state index in [0.717, 1.165) is 12.3 Å². The fourth-order valence-corrected chi connectivity index (χ4v) is 2.57. The van der Waals surface area contributed by atoms with Crippen LogP contribution >= 0.6 is 23.4 Å². The number of benzene rings is 1. The molecular formula is C13H20ClN3OS. The van der Waals surface area contributed by atoms with E-state index >= 15 is 0 Å². The lowest BCUT2D eigenvalue weighted by atomic mass is 10.2. The molecule has 0 radical (unpaired) electrons. The molecule has 1 aromatic rings. The zero-order valence-electron chi connectivity index (χ0n) is 11.4. The van der Waals surface area contributed by atoms with Crippen molar-refractivity contribution in [3.05, 3.63) is 23.2 Å². The molecule has 0 fully saturated rings. The van der Waals surface area contributed by atoms with Crippen LogP contribution < -0.4 is 11.1 Å². The first-order valence-electron chi connectivity index (χ1n) is 6.02. The van der Waals surface area contributed by atoms with E-state index in [-0.39, 0.29) is 11.2 Å². The number of rotatable bonds is 6. The first-order chi connectivity index (χ1) is 8.90. The largest absolute Gasteiger partial charge is 0.397 e. The molecule has 0 saturated heterocycles. The zero-order valence-corrected chi connectivity index (χ0v) is 13.0. The van der Waals surface area contributed by atoms with Crippen molar-refractivity contribution in [2.45, 2.75) is 12.2 Å². The summed E-state index contributed by atoms with van der Waals surface area (Å²) in [5.74, 6) is 0.852. The van der Waals surface area contributed by atoms with Gasteiger partial charge in [-0.25, -0.2) is 0 Å². The number of thioether (sulfide) groups is 1. The van der Waals surface area contributed by atoms with E-state index < -0.39 is 0 Å². The molecule has 0 aliphatic heterocycles. The molecule has 0 bridgehead atoms. The normalized spacial score (nSPS) is 12.5. The van der Waals surface area contributed by atoms with Gasteiger partial charge in [0.1, 0.15) is 0 Å². The molecule has 4 nitrogen and oxygen atoms in total. The summed E-state index contributed by atoms with van der Waals surface area (Å²) in [5, 5.41) is 3.23. The van der Waals surface area contributed by atoms with Crippen LogP contribution in [0.4, 0.5) is 11.4 Å². The van der Waals surface area contributed by atoms with Gasteiger partial charge in [0.15, 0.2) is 0 Å². The van der Waals surface area contributed by atoms with E-state index in [1.165, 1.54) is 0 Å². The Morgan fingerprint density at radius 3 is 2.84 bits per heavy atom. The molecule has 1 rings (SSSR count). The number of nitrogen functional groups attached to an aromatic ring is 1. The Balaban J connectivity index is 2.51. The van der Waals surface area contributed by atoms with Gasteiger partial charge in [0.05, 0.1) is 16.6 Å². The molecule has 1 aromatic carbocycles. The monoisotopic (exact) mass is 301 g/mol. The average Bonchev–Trinajstić information content (AvgIpc) is 2.33. The Labute approximate surface area is 123 Å². The van der Waals surface area contributed by atoms with Gasteiger partial charge >= 0.3 is 0 Å². The standard InChI is InChI=1S/C13H20ClN3OS/c1-9(19-7-6-17(2)3)13(18)16-12-8-10(14)4-5-11(12)15/h4-5,8-9H,6-7,15H2,1-3H3,(H,16,18). The first kappa shape index (κ1) is 16.1. The Kier molecular flexibility index (Phi) is 6.48. The third-order valence-electron chi connectivity index (χ3n) is 2.55. The topological polar surface area (TPSA) is 58.4 Å². The molecular weight excluding hydrogens is 282 g/mol. The lowest BCUT2D eigenvalue weighted by Crippen LogP contribution is -2.25. The zero-order chi connectivity index (χ0) is 14.4. The summed E-state index contributed by atoms with van der Waals surface area (Å²) in [6.45, 7) is 2.83. The molecule has 1 amide bonds. The average molecular weight is 302 g/mol. The number of carbonyl (C=O) groups is 1. The van der Waals surface area contributed by atoms with Gasteiger partial charge in [-0.15, -0.1) is 11.8 Å². The van der Waals surface area contributed by atoms with Crippen LogP contribution in [0.15, 0.2) is 18.2 Å². The van der Waals surface area contributed by atoms with Crippen LogP contribution in [0.5, 0.6) is 0 Å². The van der Waals surface area contributed by atoms with E-state index in [1.54, 1.807) is 30.0 Å². The molecule has 1 atom stereocenters. The Morgan fingerprint density at radius 2 is 2.21 bits per heavy atom. The number of amides is 1. The van der Waals surface area contributed by atoms with Gasteiger partial charge in [0.25, 0.3) is 0 Å². The maximum Gasteiger partial charge on any atom is 0.237 e. The highest BCUT2D eigenvalue weighted by Gasteiger charge is 2.14. The van der Waals surface area contributed by atoms with Gasteiger partial charge in [-0.2, -0.15) is 0 Å². The highest BCUT2D eigenvalue weighted by atomic mass is 35.5. The summed E-state index contributed by atoms with van der Waals surface area (Å²) in [7, 11) is 4.02. The number of nitrogens with zero attached hydrogens (tertiary/aromatic N) is 1. The third kappa shape index (κ3) is 5.72. The van der Waals surface area contributed by atoms with Gasteiger partial charge < -0.3 is 16.0 Å². The second-order valence-corrected chi connectivity index (χ2v) is 6.42. The van der Waals surface area contributed by atoms with Crippen molar-refractivity contribution in [3.8, 4) is 0 Å². The van der Waals surface area contributed by atoms with E-state index in [1.807, 2.05) is 21.0 Å². The highest BCUT2D eigenvalue weighted by Crippen LogP contribution is 2.24. The highest BCUT2D eigenvalue weighted by molar-refractivity contribution is 8.00.